The van der Waals surface area contributed by atoms with Crippen molar-refractivity contribution in [1.29, 1.82) is 0 Å². The van der Waals surface area contributed by atoms with Gasteiger partial charge in [0.15, 0.2) is 5.78 Å². The predicted molar refractivity (Wildman–Crippen MR) is 98.8 cm³/mol. The lowest BCUT2D eigenvalue weighted by Crippen LogP contribution is -2.25. The molecule has 2 rings (SSSR count). The molecule has 6 nitrogen and oxygen atoms in total. The largest absolute Gasteiger partial charge is 0.452 e. The maximum absolute atomic E-state index is 12.0. The number of thiophene rings is 1. The molecular weight excluding hydrogens is 364 g/mol. The Morgan fingerprint density at radius 2 is 1.80 bits per heavy atom. The molecule has 0 spiro atoms. The van der Waals surface area contributed by atoms with E-state index in [-0.39, 0.29) is 24.5 Å². The van der Waals surface area contributed by atoms with Crippen molar-refractivity contribution in [2.45, 2.75) is 12.8 Å². The van der Waals surface area contributed by atoms with E-state index in [0.717, 1.165) is 0 Å². The van der Waals surface area contributed by atoms with Gasteiger partial charge in [0.1, 0.15) is 0 Å². The Hall–Kier alpha value is -2.38. The number of Topliss-reactive ketones (excluding diaryl/α,β-unsaturated/α-hetero) is 1. The molecule has 8 heteroatoms. The van der Waals surface area contributed by atoms with Crippen LogP contribution in [0.15, 0.2) is 36.4 Å². The van der Waals surface area contributed by atoms with Crippen LogP contribution in [0.4, 0.5) is 16.2 Å². The first-order chi connectivity index (χ1) is 11.9. The number of halogens is 1. The maximum Gasteiger partial charge on any atom is 0.413 e. The molecule has 132 valence electrons. The summed E-state index contributed by atoms with van der Waals surface area (Å²) in [6, 6.07) is 10.0. The third-order valence-corrected chi connectivity index (χ3v) is 4.69. The maximum atomic E-state index is 12.0. The number of amides is 2. The Bertz CT molecular complexity index is 773. The van der Waals surface area contributed by atoms with Crippen molar-refractivity contribution in [2.75, 3.05) is 24.4 Å². The summed E-state index contributed by atoms with van der Waals surface area (Å²) in [5.41, 5.74) is 1.22. The summed E-state index contributed by atoms with van der Waals surface area (Å²) in [6.45, 7) is 0. The van der Waals surface area contributed by atoms with Gasteiger partial charge in [0.2, 0.25) is 5.91 Å². The van der Waals surface area contributed by atoms with E-state index in [1.54, 1.807) is 43.4 Å². The van der Waals surface area contributed by atoms with Gasteiger partial charge >= 0.3 is 6.09 Å². The number of hydrogen-bond acceptors (Lipinski definition) is 5. The summed E-state index contributed by atoms with van der Waals surface area (Å²) < 4.78 is 5.18. The van der Waals surface area contributed by atoms with Gasteiger partial charge in [-0.2, -0.15) is 0 Å². The fourth-order valence-corrected chi connectivity index (χ4v) is 3.06. The highest BCUT2D eigenvalue weighted by Gasteiger charge is 2.13. The van der Waals surface area contributed by atoms with Crippen LogP contribution in [0.5, 0.6) is 0 Å². The molecule has 0 unspecified atom stereocenters. The molecule has 0 bridgehead atoms. The third kappa shape index (κ3) is 5.30. The summed E-state index contributed by atoms with van der Waals surface area (Å²) in [6.07, 6.45) is -0.284. The lowest BCUT2D eigenvalue weighted by Gasteiger charge is -2.15. The van der Waals surface area contributed by atoms with Crippen LogP contribution in [0.1, 0.15) is 22.5 Å². The molecule has 2 amide bonds. The molecular formula is C17H17ClN2O4S. The zero-order valence-corrected chi connectivity index (χ0v) is 15.3. The molecule has 0 radical (unpaired) electrons. The number of ketones is 1. The van der Waals surface area contributed by atoms with Crippen molar-refractivity contribution in [3.05, 3.63) is 45.6 Å². The van der Waals surface area contributed by atoms with Gasteiger partial charge in [0.05, 0.1) is 16.3 Å². The topological polar surface area (TPSA) is 75.7 Å². The number of carbonyl (C=O) groups is 3. The van der Waals surface area contributed by atoms with Crippen molar-refractivity contribution in [2.24, 2.45) is 0 Å². The quantitative estimate of drug-likeness (QED) is 0.762. The second-order valence-corrected chi connectivity index (χ2v) is 6.87. The van der Waals surface area contributed by atoms with Crippen LogP contribution in [0.2, 0.25) is 4.34 Å². The lowest BCUT2D eigenvalue weighted by molar-refractivity contribution is -0.116. The highest BCUT2D eigenvalue weighted by molar-refractivity contribution is 7.18. The predicted octanol–water partition coefficient (Wildman–Crippen LogP) is 4.21. The highest BCUT2D eigenvalue weighted by atomic mass is 35.5. The zero-order chi connectivity index (χ0) is 18.4. The van der Waals surface area contributed by atoms with Crippen LogP contribution < -0.4 is 10.2 Å². The normalized spacial score (nSPS) is 10.2. The zero-order valence-electron chi connectivity index (χ0n) is 13.7. The Morgan fingerprint density at radius 3 is 2.36 bits per heavy atom. The molecule has 0 fully saturated rings. The Labute approximate surface area is 154 Å². The first kappa shape index (κ1) is 19.0. The smallest absolute Gasteiger partial charge is 0.413 e. The molecule has 1 heterocycles. The van der Waals surface area contributed by atoms with E-state index < -0.39 is 6.09 Å². The second kappa shape index (κ2) is 8.64. The number of nitrogens with zero attached hydrogens (tertiary/aromatic N) is 1. The van der Waals surface area contributed by atoms with Crippen LogP contribution in [-0.4, -0.2) is 31.9 Å². The molecule has 2 aromatic rings. The molecule has 0 saturated carbocycles. The van der Waals surface area contributed by atoms with Crippen LogP contribution >= 0.6 is 22.9 Å². The fourth-order valence-electron chi connectivity index (χ4n) is 2.05. The molecule has 0 aliphatic rings. The van der Waals surface area contributed by atoms with E-state index in [9.17, 15) is 14.4 Å². The summed E-state index contributed by atoms with van der Waals surface area (Å²) in [4.78, 5) is 37.2. The third-order valence-electron chi connectivity index (χ3n) is 3.41. The van der Waals surface area contributed by atoms with Crippen molar-refractivity contribution < 1.29 is 19.1 Å². The van der Waals surface area contributed by atoms with Gasteiger partial charge < -0.3 is 10.1 Å². The minimum Gasteiger partial charge on any atom is -0.452 e. The van der Waals surface area contributed by atoms with E-state index in [2.05, 4.69) is 10.1 Å². The SMILES string of the molecule is COC(=O)N(C)c1ccc(NC(=O)CCC(=O)c2ccc(Cl)s2)cc1. The Kier molecular flexibility index (Phi) is 6.55. The molecule has 0 atom stereocenters. The van der Waals surface area contributed by atoms with E-state index >= 15 is 0 Å². The van der Waals surface area contributed by atoms with E-state index in [1.807, 2.05) is 0 Å². The number of rotatable bonds is 6. The Balaban J connectivity index is 1.86. The number of ether oxygens (including phenoxy) is 1. The van der Waals surface area contributed by atoms with Gasteiger partial charge in [-0.3, -0.25) is 14.5 Å². The molecule has 0 aliphatic carbocycles. The first-order valence-corrected chi connectivity index (χ1v) is 8.60. The molecule has 0 aliphatic heterocycles. The minimum absolute atomic E-state index is 0.0815. The monoisotopic (exact) mass is 380 g/mol. The van der Waals surface area contributed by atoms with Gasteiger partial charge in [-0.1, -0.05) is 11.6 Å². The average Bonchev–Trinajstić information content (AvgIpc) is 3.05. The number of nitrogens with one attached hydrogen (secondary N) is 1. The Morgan fingerprint density at radius 1 is 1.12 bits per heavy atom. The van der Waals surface area contributed by atoms with Crippen LogP contribution in [0.3, 0.4) is 0 Å². The molecule has 25 heavy (non-hydrogen) atoms. The van der Waals surface area contributed by atoms with E-state index in [4.69, 9.17) is 11.6 Å². The number of carbonyl (C=O) groups excluding carboxylic acids is 3. The van der Waals surface area contributed by atoms with Crippen molar-refractivity contribution in [1.82, 2.24) is 0 Å². The number of anilines is 2. The van der Waals surface area contributed by atoms with Gasteiger partial charge in [-0.15, -0.1) is 11.3 Å². The van der Waals surface area contributed by atoms with Crippen LogP contribution in [0.25, 0.3) is 0 Å². The number of methoxy groups -OCH3 is 1. The molecule has 0 saturated heterocycles. The summed E-state index contributed by atoms with van der Waals surface area (Å²) in [7, 11) is 2.89. The summed E-state index contributed by atoms with van der Waals surface area (Å²) >= 11 is 6.99. The minimum atomic E-state index is -0.482. The van der Waals surface area contributed by atoms with Gasteiger partial charge in [0.25, 0.3) is 0 Å². The van der Waals surface area contributed by atoms with Crippen molar-refractivity contribution in [3.63, 3.8) is 0 Å². The molecule has 1 aromatic heterocycles. The fraction of sp³-hybridized carbons (Fsp3) is 0.235. The van der Waals surface area contributed by atoms with Crippen molar-refractivity contribution in [3.8, 4) is 0 Å². The van der Waals surface area contributed by atoms with Crippen molar-refractivity contribution >= 4 is 52.1 Å². The number of benzene rings is 1. The van der Waals surface area contributed by atoms with Gasteiger partial charge in [-0.05, 0) is 36.4 Å². The van der Waals surface area contributed by atoms with Gasteiger partial charge in [-0.25, -0.2) is 4.79 Å². The van der Waals surface area contributed by atoms with Crippen LogP contribution in [-0.2, 0) is 9.53 Å². The summed E-state index contributed by atoms with van der Waals surface area (Å²) in [5, 5.41) is 2.71. The number of hydrogen-bond donors (Lipinski definition) is 1. The van der Waals surface area contributed by atoms with Crippen LogP contribution in [0, 0.1) is 0 Å². The highest BCUT2D eigenvalue weighted by Crippen LogP contribution is 2.23. The second-order valence-electron chi connectivity index (χ2n) is 5.15. The standard InChI is InChI=1S/C17H17ClN2O4S/c1-20(17(23)24-2)12-5-3-11(4-6-12)19-16(22)10-7-13(21)14-8-9-15(18)25-14/h3-6,8-9H,7,10H2,1-2H3,(H,19,22). The molecule has 1 N–H and O–H groups in total. The van der Waals surface area contributed by atoms with Gasteiger partial charge in [0, 0.05) is 31.3 Å². The average molecular weight is 381 g/mol. The lowest BCUT2D eigenvalue weighted by atomic mass is 10.2. The van der Waals surface area contributed by atoms with E-state index in [1.165, 1.54) is 23.3 Å². The first-order valence-electron chi connectivity index (χ1n) is 7.41. The molecule has 1 aromatic carbocycles. The summed E-state index contributed by atoms with van der Waals surface area (Å²) in [5.74, 6) is -0.368. The van der Waals surface area contributed by atoms with E-state index in [0.29, 0.717) is 20.6 Å².